The van der Waals surface area contributed by atoms with E-state index in [0.29, 0.717) is 23.3 Å². The van der Waals surface area contributed by atoms with Gasteiger partial charge in [0.1, 0.15) is 0 Å². The highest BCUT2D eigenvalue weighted by Gasteiger charge is 2.46. The average Bonchev–Trinajstić information content (AvgIpc) is 2.65. The van der Waals surface area contributed by atoms with Crippen molar-refractivity contribution in [1.82, 2.24) is 9.80 Å². The van der Waals surface area contributed by atoms with Gasteiger partial charge in [0.25, 0.3) is 0 Å². The van der Waals surface area contributed by atoms with Gasteiger partial charge in [0, 0.05) is 18.5 Å². The minimum absolute atomic E-state index is 0.300. The molecule has 1 spiro atoms. The largest absolute Gasteiger partial charge is 0.340 e. The monoisotopic (exact) mass is 394 g/mol. The lowest BCUT2D eigenvalue weighted by atomic mass is 9.66. The molecule has 3 nitrogen and oxygen atoms in total. The summed E-state index contributed by atoms with van der Waals surface area (Å²) in [5, 5.41) is 0. The molecule has 0 aromatic rings. The van der Waals surface area contributed by atoms with Crippen molar-refractivity contribution in [3.63, 3.8) is 0 Å². The maximum Gasteiger partial charge on any atom is 0.236 e. The Hall–Kier alpha value is -0.570. The average molecular weight is 395 g/mol. The van der Waals surface area contributed by atoms with Crippen molar-refractivity contribution >= 4 is 5.91 Å². The van der Waals surface area contributed by atoms with Crippen LogP contribution in [0.1, 0.15) is 99.3 Å². The Kier molecular flexibility index (Phi) is 10.5. The van der Waals surface area contributed by atoms with Crippen molar-refractivity contribution in [2.24, 2.45) is 22.7 Å². The molecule has 3 heteroatoms. The Balaban J connectivity index is 0.000000281. The molecule has 0 radical (unpaired) electrons. The van der Waals surface area contributed by atoms with Gasteiger partial charge >= 0.3 is 0 Å². The first kappa shape index (κ1) is 25.5. The topological polar surface area (TPSA) is 23.6 Å². The summed E-state index contributed by atoms with van der Waals surface area (Å²) in [6.45, 7) is 16.1. The van der Waals surface area contributed by atoms with Crippen molar-refractivity contribution < 1.29 is 4.79 Å². The molecule has 3 aliphatic rings. The molecule has 1 saturated heterocycles. The number of likely N-dealkylation sites (N-methyl/N-ethyl adjacent to an activating group) is 1. The Morgan fingerprint density at radius 2 is 1.36 bits per heavy atom. The molecule has 2 aliphatic carbocycles. The van der Waals surface area contributed by atoms with E-state index in [0.717, 1.165) is 24.9 Å². The summed E-state index contributed by atoms with van der Waals surface area (Å²) < 4.78 is 0. The number of carbonyl (C=O) groups excluding carboxylic acids is 1. The van der Waals surface area contributed by atoms with E-state index in [1.165, 1.54) is 57.8 Å². The lowest BCUT2D eigenvalue weighted by molar-refractivity contribution is -0.146. The summed E-state index contributed by atoms with van der Waals surface area (Å²) >= 11 is 0. The summed E-state index contributed by atoms with van der Waals surface area (Å²) in [5.41, 5.74) is 1.21. The highest BCUT2D eigenvalue weighted by atomic mass is 16.2. The molecule has 1 amide bonds. The normalized spacial score (nSPS) is 29.3. The van der Waals surface area contributed by atoms with Crippen LogP contribution in [0, 0.1) is 22.7 Å². The molecule has 28 heavy (non-hydrogen) atoms. The first-order valence-electron chi connectivity index (χ1n) is 12.1. The number of hydrogen-bond donors (Lipinski definition) is 0. The van der Waals surface area contributed by atoms with Crippen LogP contribution in [0.2, 0.25) is 0 Å². The molecule has 0 aromatic carbocycles. The number of amides is 1. The quantitative estimate of drug-likeness (QED) is 0.567. The lowest BCUT2D eigenvalue weighted by Gasteiger charge is -2.53. The van der Waals surface area contributed by atoms with Crippen molar-refractivity contribution in [2.75, 3.05) is 33.7 Å². The van der Waals surface area contributed by atoms with Gasteiger partial charge in [0.2, 0.25) is 5.91 Å². The fraction of sp³-hybridized carbons (Fsp3) is 0.960. The van der Waals surface area contributed by atoms with Crippen LogP contribution in [0.3, 0.4) is 0 Å². The zero-order valence-corrected chi connectivity index (χ0v) is 20.4. The summed E-state index contributed by atoms with van der Waals surface area (Å²) in [7, 11) is 3.91. The van der Waals surface area contributed by atoms with E-state index >= 15 is 0 Å². The van der Waals surface area contributed by atoms with Crippen LogP contribution in [0.5, 0.6) is 0 Å². The molecule has 1 aliphatic heterocycles. The first-order valence-corrected chi connectivity index (χ1v) is 12.1. The van der Waals surface area contributed by atoms with Crippen LogP contribution < -0.4 is 0 Å². The lowest BCUT2D eigenvalue weighted by Crippen LogP contribution is -2.60. The van der Waals surface area contributed by atoms with Gasteiger partial charge in [0.05, 0.1) is 6.54 Å². The van der Waals surface area contributed by atoms with E-state index in [9.17, 15) is 4.79 Å². The molecule has 166 valence electrons. The maximum atomic E-state index is 11.8. The molecule has 0 aromatic heterocycles. The smallest absolute Gasteiger partial charge is 0.236 e. The van der Waals surface area contributed by atoms with Gasteiger partial charge in [-0.1, -0.05) is 73.6 Å². The zero-order valence-electron chi connectivity index (χ0n) is 20.4. The Bertz CT molecular complexity index is 435. The van der Waals surface area contributed by atoms with E-state index in [2.05, 4.69) is 27.7 Å². The third-order valence-electron chi connectivity index (χ3n) is 7.53. The minimum Gasteiger partial charge on any atom is -0.340 e. The van der Waals surface area contributed by atoms with Gasteiger partial charge in [-0.2, -0.15) is 0 Å². The van der Waals surface area contributed by atoms with Crippen molar-refractivity contribution in [2.45, 2.75) is 99.3 Å². The van der Waals surface area contributed by atoms with E-state index in [1.807, 2.05) is 37.7 Å². The Morgan fingerprint density at radius 3 is 1.75 bits per heavy atom. The summed E-state index contributed by atoms with van der Waals surface area (Å²) in [6.07, 6.45) is 12.6. The van der Waals surface area contributed by atoms with Gasteiger partial charge in [-0.25, -0.2) is 0 Å². The van der Waals surface area contributed by atoms with Crippen LogP contribution in [0.15, 0.2) is 0 Å². The number of hydrogen-bond acceptors (Lipinski definition) is 2. The highest BCUT2D eigenvalue weighted by Crippen LogP contribution is 2.45. The van der Waals surface area contributed by atoms with Crippen LogP contribution in [-0.4, -0.2) is 49.4 Å². The molecule has 0 bridgehead atoms. The van der Waals surface area contributed by atoms with E-state index in [4.69, 9.17) is 0 Å². The van der Waals surface area contributed by atoms with Crippen LogP contribution in [0.4, 0.5) is 0 Å². The fourth-order valence-corrected chi connectivity index (χ4v) is 4.81. The van der Waals surface area contributed by atoms with Gasteiger partial charge in [0.15, 0.2) is 0 Å². The van der Waals surface area contributed by atoms with Crippen LogP contribution in [0.25, 0.3) is 0 Å². The summed E-state index contributed by atoms with van der Waals surface area (Å²) in [4.78, 5) is 15.8. The summed E-state index contributed by atoms with van der Waals surface area (Å²) in [5.74, 6) is 2.20. The molecule has 3 rings (SSSR count). The molecule has 2 saturated carbocycles. The van der Waals surface area contributed by atoms with E-state index in [-0.39, 0.29) is 0 Å². The third kappa shape index (κ3) is 7.69. The second kappa shape index (κ2) is 11.6. The fourth-order valence-electron chi connectivity index (χ4n) is 4.81. The molecular formula is C25H50N2O. The number of likely N-dealkylation sites (tertiary alicyclic amines) is 1. The maximum absolute atomic E-state index is 11.8. The number of nitrogens with zero attached hydrogens (tertiary/aromatic N) is 2. The molecule has 0 atom stereocenters. The van der Waals surface area contributed by atoms with Crippen molar-refractivity contribution in [1.29, 1.82) is 0 Å². The third-order valence-corrected chi connectivity index (χ3v) is 7.53. The van der Waals surface area contributed by atoms with Gasteiger partial charge in [-0.05, 0) is 57.0 Å². The Morgan fingerprint density at radius 1 is 0.929 bits per heavy atom. The predicted octanol–water partition coefficient (Wildman–Crippen LogP) is 6.23. The first-order chi connectivity index (χ1) is 13.2. The standard InChI is InChI=1S/C13H24N2O.C10H20.C2H6/c1-11-4-6-13(7-5-11)9-15(10-13)12(16)8-14(2)3;1-4-10(3)7-5-9(2)6-8-10;1-2/h11H,4-10H2,1-3H3;9H,4-8H2,1-3H3;1-2H3. The van der Waals surface area contributed by atoms with Gasteiger partial charge in [-0.3, -0.25) is 4.79 Å². The minimum atomic E-state index is 0.300. The number of rotatable bonds is 3. The molecule has 0 unspecified atom stereocenters. The van der Waals surface area contributed by atoms with Crippen molar-refractivity contribution in [3.8, 4) is 0 Å². The van der Waals surface area contributed by atoms with Crippen LogP contribution in [-0.2, 0) is 4.79 Å². The van der Waals surface area contributed by atoms with E-state index < -0.39 is 0 Å². The van der Waals surface area contributed by atoms with Gasteiger partial charge < -0.3 is 9.80 Å². The second-order valence-corrected chi connectivity index (χ2v) is 10.5. The van der Waals surface area contributed by atoms with Crippen molar-refractivity contribution in [3.05, 3.63) is 0 Å². The highest BCUT2D eigenvalue weighted by molar-refractivity contribution is 5.79. The molecule has 0 N–H and O–H groups in total. The molecule has 1 heterocycles. The molecular weight excluding hydrogens is 344 g/mol. The molecule has 3 fully saturated rings. The second-order valence-electron chi connectivity index (χ2n) is 10.5. The SMILES string of the molecule is CC.CC1CCC2(CC1)CN(C(=O)CN(C)C)C2.CCC1(C)CCC(C)CC1. The van der Waals surface area contributed by atoms with Gasteiger partial charge in [-0.15, -0.1) is 0 Å². The zero-order chi connectivity index (χ0) is 21.4. The Labute approximate surface area is 176 Å². The predicted molar refractivity (Wildman–Crippen MR) is 123 cm³/mol. The summed E-state index contributed by atoms with van der Waals surface area (Å²) in [6, 6.07) is 0. The number of carbonyl (C=O) groups is 1. The van der Waals surface area contributed by atoms with E-state index in [1.54, 1.807) is 0 Å². The van der Waals surface area contributed by atoms with Crippen LogP contribution >= 0.6 is 0 Å².